The number of ether oxygens (including phenoxy) is 2. The van der Waals surface area contributed by atoms with Gasteiger partial charge in [-0.25, -0.2) is 4.39 Å². The molecular formula is C17H15FN2O4. The van der Waals surface area contributed by atoms with Gasteiger partial charge in [-0.15, -0.1) is 0 Å². The second kappa shape index (κ2) is 6.57. The minimum atomic E-state index is -0.894. The Kier molecular flexibility index (Phi) is 4.33. The maximum atomic E-state index is 13.5. The summed E-state index contributed by atoms with van der Waals surface area (Å²) in [7, 11) is 0. The number of carbonyl (C=O) groups excluding carboxylic acids is 2. The summed E-state index contributed by atoms with van der Waals surface area (Å²) in [6, 6.07) is 11.0. The summed E-state index contributed by atoms with van der Waals surface area (Å²) >= 11 is 0. The molecule has 7 heteroatoms. The third-order valence-corrected chi connectivity index (χ3v) is 3.53. The number of hydrogen-bond donors (Lipinski definition) is 2. The van der Waals surface area contributed by atoms with E-state index < -0.39 is 23.7 Å². The Hall–Kier alpha value is -3.09. The third kappa shape index (κ3) is 3.29. The summed E-state index contributed by atoms with van der Waals surface area (Å²) in [6.07, 6.45) is -0.894. The molecule has 0 aromatic heterocycles. The van der Waals surface area contributed by atoms with Crippen LogP contribution in [0.1, 0.15) is 15.9 Å². The van der Waals surface area contributed by atoms with Crippen LogP contribution in [0.3, 0.4) is 0 Å². The molecule has 24 heavy (non-hydrogen) atoms. The molecule has 1 aliphatic rings. The highest BCUT2D eigenvalue weighted by atomic mass is 19.1. The van der Waals surface area contributed by atoms with E-state index in [2.05, 4.69) is 10.9 Å². The largest absolute Gasteiger partial charge is 0.485 e. The van der Waals surface area contributed by atoms with E-state index in [0.29, 0.717) is 17.1 Å². The van der Waals surface area contributed by atoms with E-state index in [1.54, 1.807) is 31.2 Å². The number of hydrazine groups is 1. The molecule has 0 fully saturated rings. The molecule has 1 heterocycles. The average Bonchev–Trinajstić information content (AvgIpc) is 2.61. The van der Waals surface area contributed by atoms with Gasteiger partial charge in [0.1, 0.15) is 12.4 Å². The fourth-order valence-electron chi connectivity index (χ4n) is 2.15. The van der Waals surface area contributed by atoms with Gasteiger partial charge in [-0.1, -0.05) is 18.2 Å². The molecule has 2 N–H and O–H groups in total. The van der Waals surface area contributed by atoms with Crippen molar-refractivity contribution in [1.82, 2.24) is 10.9 Å². The molecule has 124 valence electrons. The quantitative estimate of drug-likeness (QED) is 0.822. The zero-order valence-electron chi connectivity index (χ0n) is 12.8. The molecule has 0 radical (unpaired) electrons. The highest BCUT2D eigenvalue weighted by Crippen LogP contribution is 2.30. The number of halogens is 1. The molecule has 3 rings (SSSR count). The Balaban J connectivity index is 1.58. The van der Waals surface area contributed by atoms with E-state index in [1.165, 1.54) is 12.1 Å². The van der Waals surface area contributed by atoms with Gasteiger partial charge in [-0.2, -0.15) is 0 Å². The number of benzene rings is 2. The average molecular weight is 330 g/mol. The lowest BCUT2D eigenvalue weighted by Crippen LogP contribution is -2.50. The summed E-state index contributed by atoms with van der Waals surface area (Å²) in [5.41, 5.74) is 5.01. The van der Waals surface area contributed by atoms with Crippen LogP contribution < -0.4 is 20.3 Å². The monoisotopic (exact) mass is 330 g/mol. The first-order chi connectivity index (χ1) is 11.5. The van der Waals surface area contributed by atoms with Crippen LogP contribution in [-0.2, 0) is 4.79 Å². The number of para-hydroxylation sites is 2. The summed E-state index contributed by atoms with van der Waals surface area (Å²) < 4.78 is 24.4. The van der Waals surface area contributed by atoms with Crippen molar-refractivity contribution in [1.29, 1.82) is 0 Å². The van der Waals surface area contributed by atoms with Gasteiger partial charge in [0.15, 0.2) is 11.5 Å². The molecule has 0 bridgehead atoms. The van der Waals surface area contributed by atoms with Crippen LogP contribution in [0.4, 0.5) is 4.39 Å². The Morgan fingerprint density at radius 3 is 2.62 bits per heavy atom. The van der Waals surface area contributed by atoms with Gasteiger partial charge in [0.05, 0.1) is 0 Å². The van der Waals surface area contributed by atoms with Gasteiger partial charge in [0.25, 0.3) is 11.8 Å². The van der Waals surface area contributed by atoms with Crippen molar-refractivity contribution in [3.8, 4) is 11.5 Å². The minimum Gasteiger partial charge on any atom is -0.485 e. The van der Waals surface area contributed by atoms with Gasteiger partial charge in [-0.3, -0.25) is 20.4 Å². The number of fused-ring (bicyclic) bond motifs is 1. The molecule has 0 saturated heterocycles. The van der Waals surface area contributed by atoms with Gasteiger partial charge in [0, 0.05) is 5.56 Å². The topological polar surface area (TPSA) is 76.7 Å². The van der Waals surface area contributed by atoms with Crippen molar-refractivity contribution in [2.75, 3.05) is 6.61 Å². The summed E-state index contributed by atoms with van der Waals surface area (Å²) in [6.45, 7) is 1.62. The van der Waals surface area contributed by atoms with Crippen LogP contribution in [0.25, 0.3) is 0 Å². The van der Waals surface area contributed by atoms with Crippen molar-refractivity contribution in [2.24, 2.45) is 0 Å². The molecule has 1 atom stereocenters. The standard InChI is InChI=1S/C17H15FN2O4/c1-10-6-7-11(8-12(10)18)16(21)19-20-17(22)15-9-23-13-4-2-3-5-14(13)24-15/h2-8,15H,9H2,1H3,(H,19,21)(H,20,22). The van der Waals surface area contributed by atoms with Crippen molar-refractivity contribution in [3.63, 3.8) is 0 Å². The lowest BCUT2D eigenvalue weighted by molar-refractivity contribution is -0.131. The number of carbonyl (C=O) groups is 2. The fraction of sp³-hybridized carbons (Fsp3) is 0.176. The number of nitrogens with one attached hydrogen (secondary N) is 2. The van der Waals surface area contributed by atoms with E-state index in [9.17, 15) is 14.0 Å². The second-order valence-corrected chi connectivity index (χ2v) is 5.27. The molecule has 2 amide bonds. The van der Waals surface area contributed by atoms with E-state index in [-0.39, 0.29) is 12.2 Å². The fourth-order valence-corrected chi connectivity index (χ4v) is 2.15. The van der Waals surface area contributed by atoms with E-state index >= 15 is 0 Å². The van der Waals surface area contributed by atoms with Crippen LogP contribution in [0.2, 0.25) is 0 Å². The van der Waals surface area contributed by atoms with Gasteiger partial charge < -0.3 is 9.47 Å². The molecule has 0 saturated carbocycles. The van der Waals surface area contributed by atoms with E-state index in [0.717, 1.165) is 6.07 Å². The molecule has 1 unspecified atom stereocenters. The number of rotatable bonds is 2. The second-order valence-electron chi connectivity index (χ2n) is 5.27. The van der Waals surface area contributed by atoms with Crippen LogP contribution in [0.15, 0.2) is 42.5 Å². The summed E-state index contributed by atoms with van der Waals surface area (Å²) in [5.74, 6) is -0.670. The Bertz CT molecular complexity index is 794. The van der Waals surface area contributed by atoms with Gasteiger partial charge in [0.2, 0.25) is 6.10 Å². The Labute approximate surface area is 137 Å². The first-order valence-electron chi connectivity index (χ1n) is 7.29. The normalized spacial score (nSPS) is 15.5. The molecule has 1 aliphatic heterocycles. The third-order valence-electron chi connectivity index (χ3n) is 3.53. The zero-order valence-corrected chi connectivity index (χ0v) is 12.8. The van der Waals surface area contributed by atoms with Crippen LogP contribution in [0, 0.1) is 12.7 Å². The van der Waals surface area contributed by atoms with E-state index in [4.69, 9.17) is 9.47 Å². The van der Waals surface area contributed by atoms with E-state index in [1.807, 2.05) is 0 Å². The Morgan fingerprint density at radius 2 is 1.88 bits per heavy atom. The SMILES string of the molecule is Cc1ccc(C(=O)NNC(=O)C2COc3ccccc3O2)cc1F. The molecule has 0 spiro atoms. The van der Waals surface area contributed by atoms with Crippen molar-refractivity contribution >= 4 is 11.8 Å². The molecular weight excluding hydrogens is 315 g/mol. The molecule has 2 aromatic carbocycles. The molecule has 6 nitrogen and oxygen atoms in total. The van der Waals surface area contributed by atoms with Crippen LogP contribution >= 0.6 is 0 Å². The maximum absolute atomic E-state index is 13.5. The van der Waals surface area contributed by atoms with Gasteiger partial charge in [-0.05, 0) is 36.8 Å². The maximum Gasteiger partial charge on any atom is 0.283 e. The zero-order chi connectivity index (χ0) is 17.1. The molecule has 0 aliphatic carbocycles. The highest BCUT2D eigenvalue weighted by molar-refractivity contribution is 5.95. The molecule has 2 aromatic rings. The predicted molar refractivity (Wildman–Crippen MR) is 83.1 cm³/mol. The first kappa shape index (κ1) is 15.8. The predicted octanol–water partition coefficient (Wildman–Crippen LogP) is 1.74. The summed E-state index contributed by atoms with van der Waals surface area (Å²) in [4.78, 5) is 24.0. The van der Waals surface area contributed by atoms with Gasteiger partial charge >= 0.3 is 0 Å². The number of hydrogen-bond acceptors (Lipinski definition) is 4. The highest BCUT2D eigenvalue weighted by Gasteiger charge is 2.27. The smallest absolute Gasteiger partial charge is 0.283 e. The van der Waals surface area contributed by atoms with Crippen molar-refractivity contribution < 1.29 is 23.5 Å². The summed E-state index contributed by atoms with van der Waals surface area (Å²) in [5, 5.41) is 0. The van der Waals surface area contributed by atoms with Crippen LogP contribution in [-0.4, -0.2) is 24.5 Å². The van der Waals surface area contributed by atoms with Crippen molar-refractivity contribution in [3.05, 3.63) is 59.4 Å². The lowest BCUT2D eigenvalue weighted by Gasteiger charge is -2.25. The van der Waals surface area contributed by atoms with Crippen molar-refractivity contribution in [2.45, 2.75) is 13.0 Å². The lowest BCUT2D eigenvalue weighted by atomic mass is 10.1. The minimum absolute atomic E-state index is 0.0257. The van der Waals surface area contributed by atoms with Crippen LogP contribution in [0.5, 0.6) is 11.5 Å². The Morgan fingerprint density at radius 1 is 1.12 bits per heavy atom. The first-order valence-corrected chi connectivity index (χ1v) is 7.29. The number of amides is 2. The number of aryl methyl sites for hydroxylation is 1.